The summed E-state index contributed by atoms with van der Waals surface area (Å²) in [4.78, 5) is 11.5. The van der Waals surface area contributed by atoms with Gasteiger partial charge in [0.25, 0.3) is 0 Å². The minimum Gasteiger partial charge on any atom is -0.293 e. The van der Waals surface area contributed by atoms with Gasteiger partial charge < -0.3 is 0 Å². The van der Waals surface area contributed by atoms with E-state index in [2.05, 4.69) is 15.9 Å². The molecule has 0 atom stereocenters. The number of Topliss-reactive ketones (excluding diaryl/α,β-unsaturated/α-hetero) is 1. The van der Waals surface area contributed by atoms with Crippen LogP contribution in [0.5, 0.6) is 0 Å². The van der Waals surface area contributed by atoms with Crippen LogP contribution < -0.4 is 0 Å². The topological polar surface area (TPSA) is 51.2 Å². The van der Waals surface area contributed by atoms with Crippen molar-refractivity contribution in [3.8, 4) is 0 Å². The minimum absolute atomic E-state index is 0.168. The highest BCUT2D eigenvalue weighted by Gasteiger charge is 2.15. The Balaban J connectivity index is 3.02. The Hall–Kier alpha value is -0.750. The molecule has 3 nitrogen and oxygen atoms in total. The van der Waals surface area contributed by atoms with E-state index in [-0.39, 0.29) is 10.0 Å². The van der Waals surface area contributed by atoms with Gasteiger partial charge in [-0.3, -0.25) is 4.79 Å². The number of sulfone groups is 1. The van der Waals surface area contributed by atoms with Crippen molar-refractivity contribution in [3.05, 3.63) is 34.1 Å². The third kappa shape index (κ3) is 3.71. The molecule has 0 aromatic heterocycles. The zero-order valence-corrected chi connectivity index (χ0v) is 10.2. The largest absolute Gasteiger partial charge is 0.293 e. The van der Waals surface area contributed by atoms with E-state index in [9.17, 15) is 17.6 Å². The minimum atomic E-state index is -3.36. The van der Waals surface area contributed by atoms with Crippen LogP contribution >= 0.6 is 15.9 Å². The molecule has 82 valence electrons. The molecule has 0 unspecified atom stereocenters. The van der Waals surface area contributed by atoms with Crippen LogP contribution in [-0.2, 0) is 9.84 Å². The molecule has 1 rings (SSSR count). The number of rotatable bonds is 3. The number of hydrogen-bond acceptors (Lipinski definition) is 3. The Bertz CT molecular complexity index is 496. The Morgan fingerprint density at radius 3 is 2.53 bits per heavy atom. The third-order valence-corrected chi connectivity index (χ3v) is 3.07. The third-order valence-electron chi connectivity index (χ3n) is 1.62. The van der Waals surface area contributed by atoms with Crippen molar-refractivity contribution in [2.24, 2.45) is 0 Å². The first-order valence-electron chi connectivity index (χ1n) is 3.95. The molecule has 1 aromatic carbocycles. The van der Waals surface area contributed by atoms with E-state index in [0.29, 0.717) is 0 Å². The van der Waals surface area contributed by atoms with Crippen molar-refractivity contribution in [3.63, 3.8) is 0 Å². The lowest BCUT2D eigenvalue weighted by atomic mass is 10.1. The highest BCUT2D eigenvalue weighted by molar-refractivity contribution is 9.10. The highest BCUT2D eigenvalue weighted by Crippen LogP contribution is 2.18. The van der Waals surface area contributed by atoms with Gasteiger partial charge in [-0.1, -0.05) is 0 Å². The molecule has 0 heterocycles. The molecule has 1 aromatic rings. The zero-order chi connectivity index (χ0) is 11.6. The number of hydrogen-bond donors (Lipinski definition) is 0. The van der Waals surface area contributed by atoms with Gasteiger partial charge >= 0.3 is 0 Å². The number of benzene rings is 1. The summed E-state index contributed by atoms with van der Waals surface area (Å²) in [6.07, 6.45) is 0.975. The second kappa shape index (κ2) is 4.40. The predicted octanol–water partition coefficient (Wildman–Crippen LogP) is 1.82. The molecule has 6 heteroatoms. The number of carbonyl (C=O) groups excluding carboxylic acids is 1. The van der Waals surface area contributed by atoms with Crippen molar-refractivity contribution in [2.75, 3.05) is 12.0 Å². The van der Waals surface area contributed by atoms with Crippen molar-refractivity contribution < 1.29 is 17.6 Å². The monoisotopic (exact) mass is 294 g/mol. The van der Waals surface area contributed by atoms with Crippen molar-refractivity contribution >= 4 is 31.6 Å². The SMILES string of the molecule is CS(=O)(=O)CC(=O)c1ccc(F)cc1Br. The fourth-order valence-corrected chi connectivity index (χ4v) is 2.24. The van der Waals surface area contributed by atoms with Gasteiger partial charge in [-0.15, -0.1) is 0 Å². The van der Waals surface area contributed by atoms with E-state index in [1.54, 1.807) is 0 Å². The van der Waals surface area contributed by atoms with Gasteiger partial charge in [-0.25, -0.2) is 12.8 Å². The van der Waals surface area contributed by atoms with E-state index in [0.717, 1.165) is 18.4 Å². The van der Waals surface area contributed by atoms with Crippen LogP contribution in [0.15, 0.2) is 22.7 Å². The fourth-order valence-electron chi connectivity index (χ4n) is 1.03. The van der Waals surface area contributed by atoms with Gasteiger partial charge in [-0.05, 0) is 34.1 Å². The molecule has 0 radical (unpaired) electrons. The molecule has 0 aliphatic heterocycles. The summed E-state index contributed by atoms with van der Waals surface area (Å²) in [5, 5.41) is 0. The summed E-state index contributed by atoms with van der Waals surface area (Å²) in [7, 11) is -3.36. The average Bonchev–Trinajstić information content (AvgIpc) is 1.99. The molecule has 0 N–H and O–H groups in total. The Kier molecular flexibility index (Phi) is 3.62. The van der Waals surface area contributed by atoms with Crippen molar-refractivity contribution in [2.45, 2.75) is 0 Å². The molecular weight excluding hydrogens is 287 g/mol. The molecule has 0 fully saturated rings. The van der Waals surface area contributed by atoms with Gasteiger partial charge in [-0.2, -0.15) is 0 Å². The van der Waals surface area contributed by atoms with E-state index in [4.69, 9.17) is 0 Å². The van der Waals surface area contributed by atoms with E-state index < -0.39 is 27.2 Å². The quantitative estimate of drug-likeness (QED) is 0.799. The highest BCUT2D eigenvalue weighted by atomic mass is 79.9. The molecule has 0 amide bonds. The summed E-state index contributed by atoms with van der Waals surface area (Å²) in [6, 6.07) is 3.49. The van der Waals surface area contributed by atoms with E-state index in [1.807, 2.05) is 0 Å². The first-order chi connectivity index (χ1) is 6.79. The molecule has 0 aliphatic rings. The van der Waals surface area contributed by atoms with Crippen LogP contribution in [0.3, 0.4) is 0 Å². The lowest BCUT2D eigenvalue weighted by Crippen LogP contribution is -2.15. The maximum Gasteiger partial charge on any atom is 0.178 e. The molecule has 15 heavy (non-hydrogen) atoms. The van der Waals surface area contributed by atoms with Gasteiger partial charge in [0.2, 0.25) is 0 Å². The molecule has 0 saturated heterocycles. The maximum atomic E-state index is 12.7. The summed E-state index contributed by atoms with van der Waals surface area (Å²) >= 11 is 3.00. The maximum absolute atomic E-state index is 12.7. The summed E-state index contributed by atoms with van der Waals surface area (Å²) in [5.41, 5.74) is 0.168. The zero-order valence-electron chi connectivity index (χ0n) is 7.83. The molecule has 0 saturated carbocycles. The number of ketones is 1. The van der Waals surface area contributed by atoms with Crippen LogP contribution in [0.2, 0.25) is 0 Å². The smallest absolute Gasteiger partial charge is 0.178 e. The average molecular weight is 295 g/mol. The Labute approximate surface area is 95.3 Å². The summed E-state index contributed by atoms with van der Waals surface area (Å²) < 4.78 is 34.7. The summed E-state index contributed by atoms with van der Waals surface area (Å²) in [5.74, 6) is -1.61. The molecular formula is C9H8BrFO3S. The summed E-state index contributed by atoms with van der Waals surface area (Å²) in [6.45, 7) is 0. The normalized spacial score (nSPS) is 11.4. The standard InChI is InChI=1S/C9H8BrFO3S/c1-15(13,14)5-9(12)7-3-2-6(11)4-8(7)10/h2-4H,5H2,1H3. The van der Waals surface area contributed by atoms with Crippen LogP contribution in [-0.4, -0.2) is 26.2 Å². The molecule has 0 aliphatic carbocycles. The second-order valence-corrected chi connectivity index (χ2v) is 6.11. The molecule has 0 bridgehead atoms. The van der Waals surface area contributed by atoms with Crippen LogP contribution in [0.1, 0.15) is 10.4 Å². The van der Waals surface area contributed by atoms with E-state index in [1.165, 1.54) is 6.07 Å². The van der Waals surface area contributed by atoms with Crippen LogP contribution in [0.4, 0.5) is 4.39 Å². The lowest BCUT2D eigenvalue weighted by Gasteiger charge is -2.02. The number of carbonyl (C=O) groups is 1. The fraction of sp³-hybridized carbons (Fsp3) is 0.222. The Morgan fingerprint density at radius 2 is 2.07 bits per heavy atom. The van der Waals surface area contributed by atoms with Gasteiger partial charge in [0, 0.05) is 16.3 Å². The lowest BCUT2D eigenvalue weighted by molar-refractivity contribution is 0.102. The predicted molar refractivity (Wildman–Crippen MR) is 58.1 cm³/mol. The second-order valence-electron chi connectivity index (χ2n) is 3.12. The Morgan fingerprint density at radius 1 is 1.47 bits per heavy atom. The van der Waals surface area contributed by atoms with Crippen LogP contribution in [0, 0.1) is 5.82 Å². The molecule has 0 spiro atoms. The first-order valence-corrected chi connectivity index (χ1v) is 6.81. The van der Waals surface area contributed by atoms with Crippen molar-refractivity contribution in [1.82, 2.24) is 0 Å². The van der Waals surface area contributed by atoms with E-state index >= 15 is 0 Å². The van der Waals surface area contributed by atoms with Gasteiger partial charge in [0.1, 0.15) is 11.6 Å². The van der Waals surface area contributed by atoms with Crippen LogP contribution in [0.25, 0.3) is 0 Å². The first kappa shape index (κ1) is 12.3. The van der Waals surface area contributed by atoms with Gasteiger partial charge in [0.05, 0.1) is 0 Å². The number of halogens is 2. The van der Waals surface area contributed by atoms with Crippen molar-refractivity contribution in [1.29, 1.82) is 0 Å². The van der Waals surface area contributed by atoms with Gasteiger partial charge in [0.15, 0.2) is 15.6 Å².